The SMILES string of the molecule is CCC(Oc1ccc(C(=N)NO)c(OC)c1)c1oc([C@H]2CC[C@H](C(F)(F)F)CC2)nc1C. The van der Waals surface area contributed by atoms with E-state index in [0.29, 0.717) is 53.7 Å². The molecule has 0 bridgehead atoms. The molecule has 1 fully saturated rings. The monoisotopic (exact) mass is 455 g/mol. The third-order valence-electron chi connectivity index (χ3n) is 5.88. The van der Waals surface area contributed by atoms with Crippen molar-refractivity contribution < 1.29 is 32.3 Å². The summed E-state index contributed by atoms with van der Waals surface area (Å²) in [5, 5.41) is 16.7. The van der Waals surface area contributed by atoms with E-state index in [1.165, 1.54) is 7.11 Å². The molecule has 32 heavy (non-hydrogen) atoms. The molecular weight excluding hydrogens is 427 g/mol. The number of aryl methyl sites for hydroxylation is 1. The van der Waals surface area contributed by atoms with Gasteiger partial charge in [0.25, 0.3) is 0 Å². The fourth-order valence-corrected chi connectivity index (χ4v) is 4.07. The molecule has 2 aromatic rings. The lowest BCUT2D eigenvalue weighted by molar-refractivity contribution is -0.182. The first-order valence-corrected chi connectivity index (χ1v) is 10.6. The Balaban J connectivity index is 1.75. The van der Waals surface area contributed by atoms with Gasteiger partial charge in [-0.25, -0.2) is 4.98 Å². The summed E-state index contributed by atoms with van der Waals surface area (Å²) in [5.41, 5.74) is 2.80. The van der Waals surface area contributed by atoms with Gasteiger partial charge in [-0.05, 0) is 51.2 Å². The van der Waals surface area contributed by atoms with Gasteiger partial charge in [0.2, 0.25) is 0 Å². The zero-order chi connectivity index (χ0) is 23.5. The summed E-state index contributed by atoms with van der Waals surface area (Å²) in [4.78, 5) is 4.50. The van der Waals surface area contributed by atoms with Crippen LogP contribution in [0.4, 0.5) is 13.2 Å². The van der Waals surface area contributed by atoms with E-state index in [4.69, 9.17) is 24.5 Å². The van der Waals surface area contributed by atoms with E-state index in [2.05, 4.69) is 4.98 Å². The highest BCUT2D eigenvalue weighted by molar-refractivity contribution is 5.98. The highest BCUT2D eigenvalue weighted by Crippen LogP contribution is 2.43. The maximum absolute atomic E-state index is 12.9. The molecule has 0 spiro atoms. The molecular formula is C22H28F3N3O4. The minimum absolute atomic E-state index is 0.0858. The molecule has 1 aliphatic rings. The smallest absolute Gasteiger partial charge is 0.391 e. The minimum Gasteiger partial charge on any atom is -0.496 e. The lowest BCUT2D eigenvalue weighted by Gasteiger charge is -2.28. The third kappa shape index (κ3) is 5.17. The number of aromatic nitrogens is 1. The number of oxazole rings is 1. The van der Waals surface area contributed by atoms with Gasteiger partial charge in [-0.3, -0.25) is 16.1 Å². The zero-order valence-corrected chi connectivity index (χ0v) is 18.3. The number of ether oxygens (including phenoxy) is 2. The summed E-state index contributed by atoms with van der Waals surface area (Å²) >= 11 is 0. The molecule has 10 heteroatoms. The number of nitrogens with zero attached hydrogens (tertiary/aromatic N) is 1. The number of halogens is 3. The Morgan fingerprint density at radius 2 is 2.00 bits per heavy atom. The van der Waals surface area contributed by atoms with Crippen molar-refractivity contribution in [3.63, 3.8) is 0 Å². The fourth-order valence-electron chi connectivity index (χ4n) is 4.07. The van der Waals surface area contributed by atoms with Crippen molar-refractivity contribution in [3.05, 3.63) is 41.1 Å². The van der Waals surface area contributed by atoms with Gasteiger partial charge in [-0.1, -0.05) is 6.92 Å². The van der Waals surface area contributed by atoms with Crippen LogP contribution in [0, 0.1) is 18.3 Å². The Morgan fingerprint density at radius 1 is 1.31 bits per heavy atom. The molecule has 1 saturated carbocycles. The van der Waals surface area contributed by atoms with E-state index < -0.39 is 18.2 Å². The number of nitrogens with one attached hydrogen (secondary N) is 2. The predicted molar refractivity (Wildman–Crippen MR) is 110 cm³/mol. The van der Waals surface area contributed by atoms with Crippen LogP contribution < -0.4 is 15.0 Å². The zero-order valence-electron chi connectivity index (χ0n) is 18.3. The molecule has 176 valence electrons. The molecule has 3 N–H and O–H groups in total. The second-order valence-electron chi connectivity index (χ2n) is 7.96. The first kappa shape index (κ1) is 23.9. The lowest BCUT2D eigenvalue weighted by Crippen LogP contribution is -2.27. The van der Waals surface area contributed by atoms with Crippen LogP contribution in [0.2, 0.25) is 0 Å². The summed E-state index contributed by atoms with van der Waals surface area (Å²) in [6, 6.07) is 4.84. The fraction of sp³-hybridized carbons (Fsp3) is 0.545. The van der Waals surface area contributed by atoms with Gasteiger partial charge in [0.1, 0.15) is 11.5 Å². The van der Waals surface area contributed by atoms with Crippen molar-refractivity contribution in [2.24, 2.45) is 5.92 Å². The summed E-state index contributed by atoms with van der Waals surface area (Å²) in [6.45, 7) is 3.73. The highest BCUT2D eigenvalue weighted by atomic mass is 19.4. The molecule has 0 saturated heterocycles. The topological polar surface area (TPSA) is 101 Å². The molecule has 1 aliphatic carbocycles. The summed E-state index contributed by atoms with van der Waals surface area (Å²) in [5.74, 6) is 0.253. The Hall–Kier alpha value is -2.75. The summed E-state index contributed by atoms with van der Waals surface area (Å²) < 4.78 is 56.2. The van der Waals surface area contributed by atoms with Crippen molar-refractivity contribution in [1.29, 1.82) is 5.41 Å². The second-order valence-corrected chi connectivity index (χ2v) is 7.96. The number of hydroxylamine groups is 1. The average Bonchev–Trinajstić information content (AvgIpc) is 3.17. The van der Waals surface area contributed by atoms with Gasteiger partial charge in [0.15, 0.2) is 23.6 Å². The van der Waals surface area contributed by atoms with Crippen LogP contribution in [0.1, 0.15) is 74.0 Å². The quantitative estimate of drug-likeness (QED) is 0.283. The van der Waals surface area contributed by atoms with Gasteiger partial charge < -0.3 is 13.9 Å². The third-order valence-corrected chi connectivity index (χ3v) is 5.88. The average molecular weight is 455 g/mol. The van der Waals surface area contributed by atoms with Crippen molar-refractivity contribution in [2.75, 3.05) is 7.11 Å². The van der Waals surface area contributed by atoms with E-state index in [9.17, 15) is 13.2 Å². The van der Waals surface area contributed by atoms with Gasteiger partial charge >= 0.3 is 6.18 Å². The second kappa shape index (κ2) is 9.81. The van der Waals surface area contributed by atoms with E-state index in [0.717, 1.165) is 0 Å². The Labute approximate surface area is 184 Å². The molecule has 0 aliphatic heterocycles. The van der Waals surface area contributed by atoms with Crippen molar-refractivity contribution in [2.45, 2.75) is 64.1 Å². The molecule has 3 rings (SSSR count). The van der Waals surface area contributed by atoms with Gasteiger partial charge in [-0.15, -0.1) is 0 Å². The Morgan fingerprint density at radius 3 is 2.56 bits per heavy atom. The Kier molecular flexibility index (Phi) is 7.33. The Bertz CT molecular complexity index is 937. The predicted octanol–water partition coefficient (Wildman–Crippen LogP) is 5.66. The van der Waals surface area contributed by atoms with Crippen LogP contribution in [0.5, 0.6) is 11.5 Å². The minimum atomic E-state index is -4.15. The lowest BCUT2D eigenvalue weighted by atomic mass is 9.81. The molecule has 1 aromatic heterocycles. The van der Waals surface area contributed by atoms with Gasteiger partial charge in [-0.2, -0.15) is 13.2 Å². The van der Waals surface area contributed by atoms with Crippen molar-refractivity contribution in [3.8, 4) is 11.5 Å². The maximum Gasteiger partial charge on any atom is 0.391 e. The molecule has 0 radical (unpaired) electrons. The van der Waals surface area contributed by atoms with E-state index in [1.807, 2.05) is 6.92 Å². The molecule has 7 nitrogen and oxygen atoms in total. The first-order chi connectivity index (χ1) is 15.2. The van der Waals surface area contributed by atoms with Crippen LogP contribution in [-0.4, -0.2) is 29.3 Å². The van der Waals surface area contributed by atoms with Crippen LogP contribution in [0.3, 0.4) is 0 Å². The summed E-state index contributed by atoms with van der Waals surface area (Å²) in [7, 11) is 1.45. The van der Waals surface area contributed by atoms with E-state index >= 15 is 0 Å². The van der Waals surface area contributed by atoms with Gasteiger partial charge in [0, 0.05) is 12.0 Å². The van der Waals surface area contributed by atoms with Gasteiger partial charge in [0.05, 0.1) is 24.3 Å². The molecule has 1 heterocycles. The van der Waals surface area contributed by atoms with Crippen molar-refractivity contribution in [1.82, 2.24) is 10.5 Å². The number of hydrogen-bond acceptors (Lipinski definition) is 6. The van der Waals surface area contributed by atoms with Crippen LogP contribution in [0.25, 0.3) is 0 Å². The highest BCUT2D eigenvalue weighted by Gasteiger charge is 2.42. The molecule has 0 amide bonds. The largest absolute Gasteiger partial charge is 0.496 e. The number of amidine groups is 1. The standard InChI is InChI=1S/C22H28F3N3O4/c1-4-17(31-15-9-10-16(20(26)28-29)18(11-15)30-3)19-12(2)27-21(32-19)13-5-7-14(8-6-13)22(23,24)25/h9-11,13-14,17,29H,4-8H2,1-3H3,(H2,26,28)/t13-,14-,17?. The number of alkyl halides is 3. The van der Waals surface area contributed by atoms with Crippen molar-refractivity contribution >= 4 is 5.84 Å². The summed E-state index contributed by atoms with van der Waals surface area (Å²) in [6.07, 6.45) is -3.06. The molecule has 1 atom stereocenters. The number of hydrogen-bond donors (Lipinski definition) is 3. The molecule has 1 unspecified atom stereocenters. The number of methoxy groups -OCH3 is 1. The van der Waals surface area contributed by atoms with Crippen LogP contribution in [0.15, 0.2) is 22.6 Å². The van der Waals surface area contributed by atoms with Crippen LogP contribution in [-0.2, 0) is 0 Å². The molecule has 1 aromatic carbocycles. The maximum atomic E-state index is 12.9. The van der Waals surface area contributed by atoms with Crippen LogP contribution >= 0.6 is 0 Å². The first-order valence-electron chi connectivity index (χ1n) is 10.6. The van der Waals surface area contributed by atoms with E-state index in [-0.39, 0.29) is 24.6 Å². The number of benzene rings is 1. The van der Waals surface area contributed by atoms with E-state index in [1.54, 1.807) is 30.6 Å². The normalized spacial score (nSPS) is 20.0. The number of rotatable bonds is 7.